The normalized spacial score (nSPS) is 21.5. The Hall–Kier alpha value is -1.46. The van der Waals surface area contributed by atoms with E-state index in [1.54, 1.807) is 6.07 Å². The summed E-state index contributed by atoms with van der Waals surface area (Å²) in [6.45, 7) is 5.93. The predicted octanol–water partition coefficient (Wildman–Crippen LogP) is 1.25. The number of nitrogen functional groups attached to an aromatic ring is 1. The number of nitrogens with one attached hydrogen (secondary N) is 1. The van der Waals surface area contributed by atoms with E-state index in [1.807, 2.05) is 0 Å². The Bertz CT molecular complexity index is 475. The molecule has 104 valence electrons. The molecule has 0 spiro atoms. The number of piperazine rings is 1. The van der Waals surface area contributed by atoms with E-state index in [0.29, 0.717) is 18.2 Å². The largest absolute Gasteiger partial charge is 0.384 e. The summed E-state index contributed by atoms with van der Waals surface area (Å²) in [5, 5.41) is 7.56. The van der Waals surface area contributed by atoms with Gasteiger partial charge in [-0.05, 0) is 31.7 Å². The van der Waals surface area contributed by atoms with Crippen molar-refractivity contribution in [1.29, 1.82) is 5.41 Å². The Kier molecular flexibility index (Phi) is 4.17. The lowest BCUT2D eigenvalue weighted by Gasteiger charge is -2.38. The first-order chi connectivity index (χ1) is 8.97. The van der Waals surface area contributed by atoms with Crippen molar-refractivity contribution in [3.8, 4) is 0 Å². The summed E-state index contributed by atoms with van der Waals surface area (Å²) in [6.07, 6.45) is 0. The average molecular weight is 264 g/mol. The van der Waals surface area contributed by atoms with Crippen LogP contribution in [0.5, 0.6) is 0 Å². The van der Waals surface area contributed by atoms with Crippen molar-refractivity contribution in [2.45, 2.75) is 19.5 Å². The van der Waals surface area contributed by atoms with Gasteiger partial charge >= 0.3 is 0 Å². The zero-order valence-corrected chi connectivity index (χ0v) is 11.5. The minimum Gasteiger partial charge on any atom is -0.384 e. The second kappa shape index (κ2) is 5.67. The molecule has 1 heterocycles. The Morgan fingerprint density at radius 1 is 1.47 bits per heavy atom. The van der Waals surface area contributed by atoms with E-state index in [0.717, 1.165) is 25.2 Å². The summed E-state index contributed by atoms with van der Waals surface area (Å²) < 4.78 is 13.2. The Balaban J connectivity index is 2.17. The van der Waals surface area contributed by atoms with Gasteiger partial charge in [0.05, 0.1) is 0 Å². The monoisotopic (exact) mass is 264 g/mol. The van der Waals surface area contributed by atoms with Gasteiger partial charge in [-0.2, -0.15) is 0 Å². The maximum absolute atomic E-state index is 13.2. The third-order valence-corrected chi connectivity index (χ3v) is 3.70. The molecule has 1 saturated heterocycles. The summed E-state index contributed by atoms with van der Waals surface area (Å²) in [5.41, 5.74) is 6.96. The molecule has 0 bridgehead atoms. The summed E-state index contributed by atoms with van der Waals surface area (Å²) in [5.74, 6) is -0.420. The molecule has 0 aliphatic carbocycles. The van der Waals surface area contributed by atoms with E-state index < -0.39 is 0 Å². The van der Waals surface area contributed by atoms with Crippen LogP contribution in [0.3, 0.4) is 0 Å². The van der Waals surface area contributed by atoms with E-state index in [9.17, 15) is 4.39 Å². The van der Waals surface area contributed by atoms with Gasteiger partial charge in [0.15, 0.2) is 0 Å². The molecule has 2 rings (SSSR count). The van der Waals surface area contributed by atoms with Crippen LogP contribution in [0.4, 0.5) is 4.39 Å². The van der Waals surface area contributed by atoms with Crippen molar-refractivity contribution < 1.29 is 4.39 Å². The van der Waals surface area contributed by atoms with Gasteiger partial charge in [0.25, 0.3) is 0 Å². The highest BCUT2D eigenvalue weighted by molar-refractivity contribution is 5.96. The molecule has 1 aromatic rings. The fourth-order valence-electron chi connectivity index (χ4n) is 2.57. The molecular formula is C14H21FN4. The number of amidine groups is 1. The fourth-order valence-corrected chi connectivity index (χ4v) is 2.57. The lowest BCUT2D eigenvalue weighted by molar-refractivity contribution is 0.0938. The summed E-state index contributed by atoms with van der Waals surface area (Å²) in [4.78, 5) is 4.65. The lowest BCUT2D eigenvalue weighted by Crippen LogP contribution is -2.49. The molecule has 0 amide bonds. The smallest absolute Gasteiger partial charge is 0.123 e. The van der Waals surface area contributed by atoms with Gasteiger partial charge in [-0.3, -0.25) is 10.3 Å². The SMILES string of the molecule is CC1CN(C)CCN1Cc1ccc(F)cc1C(=N)N. The van der Waals surface area contributed by atoms with Crippen LogP contribution in [-0.4, -0.2) is 48.4 Å². The van der Waals surface area contributed by atoms with E-state index in [-0.39, 0.29) is 11.7 Å². The van der Waals surface area contributed by atoms with Crippen LogP contribution in [0.15, 0.2) is 18.2 Å². The number of rotatable bonds is 3. The van der Waals surface area contributed by atoms with Gasteiger partial charge in [0.2, 0.25) is 0 Å². The molecule has 0 aromatic heterocycles. The average Bonchev–Trinajstić information content (AvgIpc) is 2.34. The quantitative estimate of drug-likeness (QED) is 0.638. The molecule has 0 radical (unpaired) electrons. The van der Waals surface area contributed by atoms with Crippen LogP contribution in [0.2, 0.25) is 0 Å². The fraction of sp³-hybridized carbons (Fsp3) is 0.500. The zero-order chi connectivity index (χ0) is 14.0. The Morgan fingerprint density at radius 3 is 2.84 bits per heavy atom. The minimum atomic E-state index is -0.347. The molecule has 5 heteroatoms. The van der Waals surface area contributed by atoms with Gasteiger partial charge in [-0.25, -0.2) is 4.39 Å². The molecule has 1 atom stereocenters. The molecule has 0 saturated carbocycles. The Labute approximate surface area is 113 Å². The molecule has 1 aromatic carbocycles. The van der Waals surface area contributed by atoms with Crippen LogP contribution in [-0.2, 0) is 6.54 Å². The van der Waals surface area contributed by atoms with Crippen molar-refractivity contribution >= 4 is 5.84 Å². The van der Waals surface area contributed by atoms with E-state index in [4.69, 9.17) is 11.1 Å². The van der Waals surface area contributed by atoms with Crippen LogP contribution >= 0.6 is 0 Å². The van der Waals surface area contributed by atoms with Crippen molar-refractivity contribution in [2.75, 3.05) is 26.7 Å². The van der Waals surface area contributed by atoms with Crippen molar-refractivity contribution in [3.05, 3.63) is 35.1 Å². The summed E-state index contributed by atoms with van der Waals surface area (Å²) in [6, 6.07) is 4.96. The first-order valence-corrected chi connectivity index (χ1v) is 6.53. The van der Waals surface area contributed by atoms with Gasteiger partial charge in [-0.1, -0.05) is 6.07 Å². The third-order valence-electron chi connectivity index (χ3n) is 3.70. The highest BCUT2D eigenvalue weighted by Crippen LogP contribution is 2.17. The first kappa shape index (κ1) is 14.0. The number of hydrogen-bond acceptors (Lipinski definition) is 3. The van der Waals surface area contributed by atoms with Crippen molar-refractivity contribution in [2.24, 2.45) is 5.73 Å². The van der Waals surface area contributed by atoms with Gasteiger partial charge in [0.1, 0.15) is 11.7 Å². The number of likely N-dealkylation sites (N-methyl/N-ethyl adjacent to an activating group) is 1. The highest BCUT2D eigenvalue weighted by atomic mass is 19.1. The van der Waals surface area contributed by atoms with Gasteiger partial charge in [0, 0.05) is 37.8 Å². The molecule has 4 nitrogen and oxygen atoms in total. The topological polar surface area (TPSA) is 56.4 Å². The van der Waals surface area contributed by atoms with Crippen LogP contribution in [0.25, 0.3) is 0 Å². The van der Waals surface area contributed by atoms with Crippen molar-refractivity contribution in [1.82, 2.24) is 9.80 Å². The lowest BCUT2D eigenvalue weighted by atomic mass is 10.0. The van der Waals surface area contributed by atoms with Gasteiger partial charge < -0.3 is 10.6 Å². The number of hydrogen-bond donors (Lipinski definition) is 2. The molecular weight excluding hydrogens is 243 g/mol. The predicted molar refractivity (Wildman–Crippen MR) is 74.8 cm³/mol. The number of nitrogens with zero attached hydrogens (tertiary/aromatic N) is 2. The summed E-state index contributed by atoms with van der Waals surface area (Å²) >= 11 is 0. The molecule has 19 heavy (non-hydrogen) atoms. The second-order valence-electron chi connectivity index (χ2n) is 5.30. The van der Waals surface area contributed by atoms with Gasteiger partial charge in [-0.15, -0.1) is 0 Å². The van der Waals surface area contributed by atoms with Crippen molar-refractivity contribution in [3.63, 3.8) is 0 Å². The minimum absolute atomic E-state index is 0.0729. The molecule has 3 N–H and O–H groups in total. The molecule has 1 aliphatic rings. The second-order valence-corrected chi connectivity index (χ2v) is 5.30. The van der Waals surface area contributed by atoms with Crippen LogP contribution in [0.1, 0.15) is 18.1 Å². The maximum Gasteiger partial charge on any atom is 0.123 e. The maximum atomic E-state index is 13.2. The number of nitrogens with two attached hydrogens (primary N) is 1. The van der Waals surface area contributed by atoms with E-state index in [1.165, 1.54) is 12.1 Å². The third kappa shape index (κ3) is 3.30. The zero-order valence-electron chi connectivity index (χ0n) is 11.5. The molecule has 1 unspecified atom stereocenters. The summed E-state index contributed by atoms with van der Waals surface area (Å²) in [7, 11) is 2.12. The number of benzene rings is 1. The molecule has 1 aliphatic heterocycles. The first-order valence-electron chi connectivity index (χ1n) is 6.53. The van der Waals surface area contributed by atoms with E-state index >= 15 is 0 Å². The van der Waals surface area contributed by atoms with E-state index in [2.05, 4.69) is 23.8 Å². The standard InChI is InChI=1S/C14H21FN4/c1-10-8-18(2)5-6-19(10)9-11-3-4-12(15)7-13(11)14(16)17/h3-4,7,10H,5-6,8-9H2,1-2H3,(H3,16,17). The highest BCUT2D eigenvalue weighted by Gasteiger charge is 2.22. The van der Waals surface area contributed by atoms with Crippen LogP contribution in [0, 0.1) is 11.2 Å². The number of halogens is 1. The molecule has 1 fully saturated rings. The van der Waals surface area contributed by atoms with Crippen LogP contribution < -0.4 is 5.73 Å². The Morgan fingerprint density at radius 2 is 2.21 bits per heavy atom.